The van der Waals surface area contributed by atoms with Crippen molar-refractivity contribution in [2.75, 3.05) is 0 Å². The minimum absolute atomic E-state index is 0.798. The van der Waals surface area contributed by atoms with Gasteiger partial charge in [0, 0.05) is 0 Å². The number of fused-ring (bicyclic) bond motifs is 3. The maximum absolute atomic E-state index is 2.38. The van der Waals surface area contributed by atoms with Crippen molar-refractivity contribution in [2.45, 2.75) is 39.3 Å². The molecule has 0 spiro atoms. The summed E-state index contributed by atoms with van der Waals surface area (Å²) in [5, 5.41) is 7.67. The summed E-state index contributed by atoms with van der Waals surface area (Å²) in [6, 6.07) is 53.1. The molecule has 0 aliphatic rings. The summed E-state index contributed by atoms with van der Waals surface area (Å²) in [6.07, 6.45) is 19.8. The highest BCUT2D eigenvalue weighted by molar-refractivity contribution is 5.84. The zero-order chi connectivity index (χ0) is 38.0. The SMILES string of the molecule is c1ccc2cc(Cn3cc[n+](Cc4cc(C[n+]5ccn(Cc6ccc7ccccc7c6)c5)cc(C[n+]5ccn(Cc6ccc7ccccc7c6)c5)c4)c3)ccc2c1. The van der Waals surface area contributed by atoms with Crippen molar-refractivity contribution in [3.63, 3.8) is 0 Å². The normalized spacial score (nSPS) is 11.6. The molecule has 6 nitrogen and oxygen atoms in total. The summed E-state index contributed by atoms with van der Waals surface area (Å²) in [5.74, 6) is 0. The van der Waals surface area contributed by atoms with Crippen molar-refractivity contribution in [2.24, 2.45) is 0 Å². The molecule has 3 aromatic heterocycles. The van der Waals surface area contributed by atoms with E-state index in [0.717, 1.165) is 39.3 Å². The van der Waals surface area contributed by atoms with Gasteiger partial charge in [0.25, 0.3) is 0 Å². The zero-order valence-electron chi connectivity index (χ0n) is 32.0. The van der Waals surface area contributed by atoms with Crippen LogP contribution in [0.1, 0.15) is 33.4 Å². The fraction of sp³-hybridized carbons (Fsp3) is 0.118. The molecule has 0 bridgehead atoms. The van der Waals surface area contributed by atoms with E-state index >= 15 is 0 Å². The molecule has 0 radical (unpaired) electrons. The van der Waals surface area contributed by atoms with E-state index in [1.54, 1.807) is 0 Å². The van der Waals surface area contributed by atoms with Crippen molar-refractivity contribution >= 4 is 32.3 Å². The predicted octanol–water partition coefficient (Wildman–Crippen LogP) is 8.70. The number of aromatic nitrogens is 6. The fourth-order valence-corrected chi connectivity index (χ4v) is 8.27. The molecule has 0 N–H and O–H groups in total. The molecule has 0 atom stereocenters. The van der Waals surface area contributed by atoms with Crippen LogP contribution in [-0.2, 0) is 39.3 Å². The quantitative estimate of drug-likeness (QED) is 0.112. The fourth-order valence-electron chi connectivity index (χ4n) is 8.27. The van der Waals surface area contributed by atoms with Crippen molar-refractivity contribution in [1.29, 1.82) is 0 Å². The van der Waals surface area contributed by atoms with E-state index < -0.39 is 0 Å². The maximum Gasteiger partial charge on any atom is 0.244 e. The van der Waals surface area contributed by atoms with Crippen LogP contribution in [0.25, 0.3) is 32.3 Å². The van der Waals surface area contributed by atoms with E-state index in [1.807, 2.05) is 0 Å². The van der Waals surface area contributed by atoms with Crippen LogP contribution < -0.4 is 13.7 Å². The summed E-state index contributed by atoms with van der Waals surface area (Å²) >= 11 is 0. The van der Waals surface area contributed by atoms with Crippen LogP contribution in [0.5, 0.6) is 0 Å². The Kier molecular flexibility index (Phi) is 9.21. The highest BCUT2D eigenvalue weighted by atomic mass is 15.1. The van der Waals surface area contributed by atoms with E-state index in [4.69, 9.17) is 0 Å². The highest BCUT2D eigenvalue weighted by Gasteiger charge is 2.14. The van der Waals surface area contributed by atoms with Gasteiger partial charge in [-0.25, -0.2) is 27.4 Å². The molecule has 57 heavy (non-hydrogen) atoms. The van der Waals surface area contributed by atoms with Gasteiger partial charge in [0.15, 0.2) is 0 Å². The van der Waals surface area contributed by atoms with E-state index in [9.17, 15) is 0 Å². The molecule has 6 heteroatoms. The molecule has 10 aromatic rings. The smallest absolute Gasteiger partial charge is 0.233 e. The molecule has 0 amide bonds. The van der Waals surface area contributed by atoms with Gasteiger partial charge in [-0.05, 0) is 102 Å². The average molecular weight is 742 g/mol. The second-order valence-corrected chi connectivity index (χ2v) is 15.5. The van der Waals surface area contributed by atoms with Gasteiger partial charge in [0.05, 0.1) is 0 Å². The standard InChI is InChI=1S/C51H45N6/c1-4-10-49-28-40(13-16-46(49)7-1)31-52-19-22-55(37-52)34-43-25-44(35-56-23-20-53(38-56)32-41-14-17-47-8-2-5-11-50(47)29-41)27-45(26-43)36-57-24-21-54(39-57)33-42-15-18-48-9-3-6-12-51(48)30-42/h1-30,37-39H,31-36H2/q+3. The van der Waals surface area contributed by atoms with Crippen LogP contribution in [0, 0.1) is 0 Å². The van der Waals surface area contributed by atoms with Crippen molar-refractivity contribution in [3.05, 3.63) is 235 Å². The molecule has 0 unspecified atom stereocenters. The first-order valence-corrected chi connectivity index (χ1v) is 19.8. The molecule has 0 aliphatic carbocycles. The Hall–Kier alpha value is -7.05. The summed E-state index contributed by atoms with van der Waals surface area (Å²) < 4.78 is 13.7. The van der Waals surface area contributed by atoms with Crippen LogP contribution >= 0.6 is 0 Å². The lowest BCUT2D eigenvalue weighted by atomic mass is 10.0. The van der Waals surface area contributed by atoms with Gasteiger partial charge in [0.1, 0.15) is 76.4 Å². The largest absolute Gasteiger partial charge is 0.244 e. The third-order valence-electron chi connectivity index (χ3n) is 11.0. The number of hydrogen-bond acceptors (Lipinski definition) is 0. The Bertz CT molecular complexity index is 2670. The molecule has 0 fully saturated rings. The van der Waals surface area contributed by atoms with Crippen LogP contribution in [0.3, 0.4) is 0 Å². The summed E-state index contributed by atoms with van der Waals surface area (Å²) in [6.45, 7) is 4.90. The average Bonchev–Trinajstić information content (AvgIpc) is 3.99. The Morgan fingerprint density at radius 3 is 0.912 bits per heavy atom. The van der Waals surface area contributed by atoms with Gasteiger partial charge in [-0.1, -0.05) is 109 Å². The highest BCUT2D eigenvalue weighted by Crippen LogP contribution is 2.19. The van der Waals surface area contributed by atoms with Crippen LogP contribution in [0.2, 0.25) is 0 Å². The molecule has 7 aromatic carbocycles. The van der Waals surface area contributed by atoms with Gasteiger partial charge in [-0.2, -0.15) is 0 Å². The number of benzene rings is 7. The zero-order valence-corrected chi connectivity index (χ0v) is 32.0. The van der Waals surface area contributed by atoms with Gasteiger partial charge in [0.2, 0.25) is 19.0 Å². The Labute approximate surface area is 333 Å². The Balaban J connectivity index is 0.885. The summed E-state index contributed by atoms with van der Waals surface area (Å²) in [7, 11) is 0. The predicted molar refractivity (Wildman–Crippen MR) is 227 cm³/mol. The second-order valence-electron chi connectivity index (χ2n) is 15.5. The lowest BCUT2D eigenvalue weighted by molar-refractivity contribution is -0.689. The van der Waals surface area contributed by atoms with Crippen molar-refractivity contribution < 1.29 is 13.7 Å². The minimum atomic E-state index is 0.798. The third kappa shape index (κ3) is 8.03. The second kappa shape index (κ2) is 15.2. The molecular weight excluding hydrogens is 697 g/mol. The molecule has 0 saturated carbocycles. The lowest BCUT2D eigenvalue weighted by Crippen LogP contribution is -2.34. The minimum Gasteiger partial charge on any atom is -0.233 e. The molecule has 10 rings (SSSR count). The van der Waals surface area contributed by atoms with Gasteiger partial charge in [-0.3, -0.25) is 0 Å². The molecule has 0 aliphatic heterocycles. The van der Waals surface area contributed by atoms with Crippen LogP contribution in [-0.4, -0.2) is 13.7 Å². The molecule has 0 saturated heterocycles. The molecule has 3 heterocycles. The number of rotatable bonds is 12. The third-order valence-corrected chi connectivity index (χ3v) is 11.0. The molecule has 276 valence electrons. The number of hydrogen-bond donors (Lipinski definition) is 0. The Morgan fingerprint density at radius 2 is 0.596 bits per heavy atom. The van der Waals surface area contributed by atoms with E-state index in [-0.39, 0.29) is 0 Å². The van der Waals surface area contributed by atoms with Crippen LogP contribution in [0.4, 0.5) is 0 Å². The van der Waals surface area contributed by atoms with Gasteiger partial charge < -0.3 is 0 Å². The van der Waals surface area contributed by atoms with Gasteiger partial charge in [-0.15, -0.1) is 0 Å². The topological polar surface area (TPSA) is 26.4 Å². The van der Waals surface area contributed by atoms with Gasteiger partial charge >= 0.3 is 0 Å². The summed E-state index contributed by atoms with van der Waals surface area (Å²) in [5.41, 5.74) is 7.79. The first-order chi connectivity index (χ1) is 28.1. The van der Waals surface area contributed by atoms with Crippen molar-refractivity contribution in [1.82, 2.24) is 13.7 Å². The van der Waals surface area contributed by atoms with E-state index in [0.29, 0.717) is 0 Å². The first kappa shape index (κ1) is 34.4. The van der Waals surface area contributed by atoms with Crippen molar-refractivity contribution in [3.8, 4) is 0 Å². The number of nitrogens with zero attached hydrogens (tertiary/aromatic N) is 6. The van der Waals surface area contributed by atoms with E-state index in [1.165, 1.54) is 65.7 Å². The first-order valence-electron chi connectivity index (χ1n) is 19.8. The van der Waals surface area contributed by atoms with E-state index in [2.05, 4.69) is 229 Å². The summed E-state index contributed by atoms with van der Waals surface area (Å²) in [4.78, 5) is 0. The van der Waals surface area contributed by atoms with Crippen LogP contribution in [0.15, 0.2) is 202 Å². The maximum atomic E-state index is 2.38. The monoisotopic (exact) mass is 741 g/mol. The molecular formula is C51H45N6+3. The Morgan fingerprint density at radius 1 is 0.298 bits per heavy atom. The lowest BCUT2D eigenvalue weighted by Gasteiger charge is -2.08. The number of imidazole rings is 3.